The van der Waals surface area contributed by atoms with E-state index in [9.17, 15) is 0 Å². The van der Waals surface area contributed by atoms with Gasteiger partial charge in [0.1, 0.15) is 18.1 Å². The average molecular weight is 342 g/mol. The second-order valence-corrected chi connectivity index (χ2v) is 5.38. The lowest BCUT2D eigenvalue weighted by atomic mass is 10.2. The van der Waals surface area contributed by atoms with E-state index in [0.717, 1.165) is 22.7 Å². The van der Waals surface area contributed by atoms with Crippen molar-refractivity contribution >= 4 is 23.0 Å². The van der Waals surface area contributed by atoms with Crippen molar-refractivity contribution in [2.45, 2.75) is 13.5 Å². The number of nitrogens with one attached hydrogen (secondary N) is 2. The maximum atomic E-state index is 5.61. The molecule has 0 fully saturated rings. The van der Waals surface area contributed by atoms with E-state index in [1.807, 2.05) is 55.5 Å². The van der Waals surface area contributed by atoms with Gasteiger partial charge >= 0.3 is 0 Å². The van der Waals surface area contributed by atoms with E-state index in [1.54, 1.807) is 6.08 Å². The third kappa shape index (κ3) is 5.59. The van der Waals surface area contributed by atoms with Gasteiger partial charge in [0.05, 0.1) is 6.61 Å². The third-order valence-corrected chi connectivity index (χ3v) is 3.42. The van der Waals surface area contributed by atoms with Gasteiger partial charge in [-0.25, -0.2) is 0 Å². The van der Waals surface area contributed by atoms with Crippen molar-refractivity contribution in [1.29, 1.82) is 0 Å². The molecule has 0 saturated heterocycles. The zero-order valence-electron chi connectivity index (χ0n) is 13.7. The smallest absolute Gasteiger partial charge is 0.171 e. The van der Waals surface area contributed by atoms with Crippen LogP contribution in [0.4, 0.5) is 5.69 Å². The van der Waals surface area contributed by atoms with Gasteiger partial charge in [-0.05, 0) is 37.3 Å². The van der Waals surface area contributed by atoms with Crippen LogP contribution in [0.2, 0.25) is 0 Å². The summed E-state index contributed by atoms with van der Waals surface area (Å²) in [5.74, 6) is 1.64. The highest BCUT2D eigenvalue weighted by Gasteiger charge is 2.04. The van der Waals surface area contributed by atoms with Crippen molar-refractivity contribution in [3.8, 4) is 11.5 Å². The minimum atomic E-state index is 0.473. The molecule has 0 aliphatic heterocycles. The topological polar surface area (TPSA) is 42.5 Å². The Labute approximate surface area is 148 Å². The molecule has 2 aromatic rings. The van der Waals surface area contributed by atoms with E-state index in [2.05, 4.69) is 17.2 Å². The Hall–Kier alpha value is -2.53. The highest BCUT2D eigenvalue weighted by molar-refractivity contribution is 7.80. The molecule has 5 heteroatoms. The van der Waals surface area contributed by atoms with Crippen LogP contribution in [0.25, 0.3) is 0 Å². The van der Waals surface area contributed by atoms with E-state index >= 15 is 0 Å². The summed E-state index contributed by atoms with van der Waals surface area (Å²) >= 11 is 5.35. The Balaban J connectivity index is 1.91. The lowest BCUT2D eigenvalue weighted by molar-refractivity contribution is 0.336. The van der Waals surface area contributed by atoms with Gasteiger partial charge in [0.25, 0.3) is 0 Å². The Kier molecular flexibility index (Phi) is 7.11. The van der Waals surface area contributed by atoms with E-state index < -0.39 is 0 Å². The summed E-state index contributed by atoms with van der Waals surface area (Å²) in [7, 11) is 0. The quantitative estimate of drug-likeness (QED) is 0.557. The molecule has 4 nitrogen and oxygen atoms in total. The fourth-order valence-corrected chi connectivity index (χ4v) is 2.31. The van der Waals surface area contributed by atoms with E-state index in [4.69, 9.17) is 21.7 Å². The molecule has 0 aromatic heterocycles. The maximum Gasteiger partial charge on any atom is 0.171 e. The predicted molar refractivity (Wildman–Crippen MR) is 103 cm³/mol. The Bertz CT molecular complexity index is 689. The van der Waals surface area contributed by atoms with Crippen LogP contribution in [-0.4, -0.2) is 18.3 Å². The Morgan fingerprint density at radius 1 is 1.17 bits per heavy atom. The van der Waals surface area contributed by atoms with Gasteiger partial charge in [0, 0.05) is 23.9 Å². The normalized spacial score (nSPS) is 9.88. The minimum Gasteiger partial charge on any atom is -0.494 e. The fourth-order valence-electron chi connectivity index (χ4n) is 2.12. The van der Waals surface area contributed by atoms with Crippen molar-refractivity contribution in [2.75, 3.05) is 18.5 Å². The van der Waals surface area contributed by atoms with Crippen LogP contribution in [0, 0.1) is 0 Å². The van der Waals surface area contributed by atoms with Crippen LogP contribution in [-0.2, 0) is 6.54 Å². The first kappa shape index (κ1) is 17.8. The van der Waals surface area contributed by atoms with Gasteiger partial charge in [0.2, 0.25) is 0 Å². The average Bonchev–Trinajstić information content (AvgIpc) is 2.60. The van der Waals surface area contributed by atoms with Crippen molar-refractivity contribution in [1.82, 2.24) is 5.32 Å². The molecule has 2 N–H and O–H groups in total. The highest BCUT2D eigenvalue weighted by atomic mass is 32.1. The molecule has 0 saturated carbocycles. The van der Waals surface area contributed by atoms with Crippen LogP contribution in [0.3, 0.4) is 0 Å². The Morgan fingerprint density at radius 2 is 2.00 bits per heavy atom. The van der Waals surface area contributed by atoms with Gasteiger partial charge < -0.3 is 20.1 Å². The monoisotopic (exact) mass is 342 g/mol. The van der Waals surface area contributed by atoms with Gasteiger partial charge in [-0.15, -0.1) is 0 Å². The van der Waals surface area contributed by atoms with Gasteiger partial charge in [0.15, 0.2) is 5.11 Å². The van der Waals surface area contributed by atoms with Crippen LogP contribution in [0.5, 0.6) is 11.5 Å². The molecule has 24 heavy (non-hydrogen) atoms. The molecule has 0 unspecified atom stereocenters. The van der Waals surface area contributed by atoms with Crippen molar-refractivity contribution < 1.29 is 9.47 Å². The number of ether oxygens (including phenoxy) is 2. The van der Waals surface area contributed by atoms with Crippen LogP contribution < -0.4 is 20.1 Å². The molecule has 126 valence electrons. The summed E-state index contributed by atoms with van der Waals surface area (Å²) < 4.78 is 11.1. The molecule has 2 rings (SSSR count). The first-order chi connectivity index (χ1) is 11.7. The number of hydrogen-bond donors (Lipinski definition) is 2. The summed E-state index contributed by atoms with van der Waals surface area (Å²) in [6.45, 7) is 7.31. The lowest BCUT2D eigenvalue weighted by Gasteiger charge is -2.14. The highest BCUT2D eigenvalue weighted by Crippen LogP contribution is 2.19. The molecule has 2 aromatic carbocycles. The summed E-state index contributed by atoms with van der Waals surface area (Å²) in [6, 6.07) is 15.5. The summed E-state index contributed by atoms with van der Waals surface area (Å²) in [4.78, 5) is 0. The minimum absolute atomic E-state index is 0.473. The molecule has 0 radical (unpaired) electrons. The fraction of sp³-hybridized carbons (Fsp3) is 0.211. The second kappa shape index (κ2) is 9.57. The number of hydrogen-bond acceptors (Lipinski definition) is 3. The van der Waals surface area contributed by atoms with Crippen molar-refractivity contribution in [2.24, 2.45) is 0 Å². The number of para-hydroxylation sites is 1. The molecule has 0 heterocycles. The first-order valence-corrected chi connectivity index (χ1v) is 8.23. The number of anilines is 1. The van der Waals surface area contributed by atoms with Gasteiger partial charge in [-0.3, -0.25) is 0 Å². The van der Waals surface area contributed by atoms with Crippen LogP contribution in [0.1, 0.15) is 12.5 Å². The molecular formula is C19H22N2O2S. The number of rotatable bonds is 8. The van der Waals surface area contributed by atoms with Crippen LogP contribution >= 0.6 is 12.2 Å². The number of benzene rings is 2. The maximum absolute atomic E-state index is 5.61. The van der Waals surface area contributed by atoms with Gasteiger partial charge in [-0.2, -0.15) is 0 Å². The summed E-state index contributed by atoms with van der Waals surface area (Å²) in [5, 5.41) is 6.89. The molecule has 0 spiro atoms. The standard InChI is InChI=1S/C19H22N2O2S/c1-3-12-23-17-10-7-9-16(13-17)21-19(24)20-14-15-8-5-6-11-18(15)22-4-2/h3,5-11,13H,1,4,12,14H2,2H3,(H2,20,21,24). The molecular weight excluding hydrogens is 320 g/mol. The van der Waals surface area contributed by atoms with E-state index in [0.29, 0.717) is 24.9 Å². The van der Waals surface area contributed by atoms with E-state index in [-0.39, 0.29) is 0 Å². The summed E-state index contributed by atoms with van der Waals surface area (Å²) in [5.41, 5.74) is 1.93. The van der Waals surface area contributed by atoms with Crippen molar-refractivity contribution in [3.63, 3.8) is 0 Å². The lowest BCUT2D eigenvalue weighted by Crippen LogP contribution is -2.28. The molecule has 0 aliphatic rings. The summed E-state index contributed by atoms with van der Waals surface area (Å²) in [6.07, 6.45) is 1.71. The molecule has 0 atom stereocenters. The molecule has 0 bridgehead atoms. The Morgan fingerprint density at radius 3 is 2.79 bits per heavy atom. The molecule has 0 amide bonds. The zero-order valence-corrected chi connectivity index (χ0v) is 14.6. The number of thiocarbonyl (C=S) groups is 1. The third-order valence-electron chi connectivity index (χ3n) is 3.17. The first-order valence-electron chi connectivity index (χ1n) is 7.82. The largest absolute Gasteiger partial charge is 0.494 e. The van der Waals surface area contributed by atoms with E-state index in [1.165, 1.54) is 0 Å². The van der Waals surface area contributed by atoms with Gasteiger partial charge in [-0.1, -0.05) is 36.9 Å². The predicted octanol–water partition coefficient (Wildman–Crippen LogP) is 4.14. The SMILES string of the molecule is C=CCOc1cccc(NC(=S)NCc2ccccc2OCC)c1. The zero-order chi connectivity index (χ0) is 17.2. The van der Waals surface area contributed by atoms with Crippen molar-refractivity contribution in [3.05, 3.63) is 66.7 Å². The van der Waals surface area contributed by atoms with Crippen LogP contribution in [0.15, 0.2) is 61.2 Å². The molecule has 0 aliphatic carbocycles. The second-order valence-electron chi connectivity index (χ2n) is 4.98.